The first-order valence-corrected chi connectivity index (χ1v) is 8.08. The van der Waals surface area contributed by atoms with E-state index in [0.717, 1.165) is 5.56 Å². The Hall–Kier alpha value is -1.77. The number of benzene rings is 1. The molecular weight excluding hydrogens is 338 g/mol. The number of thioether (sulfide) groups is 1. The van der Waals surface area contributed by atoms with Crippen molar-refractivity contribution in [2.24, 2.45) is 0 Å². The first-order chi connectivity index (χ1) is 11.1. The molecule has 122 valence electrons. The zero-order valence-electron chi connectivity index (χ0n) is 12.7. The highest BCUT2D eigenvalue weighted by Crippen LogP contribution is 2.40. The summed E-state index contributed by atoms with van der Waals surface area (Å²) in [7, 11) is 3.16. The second-order valence-electron chi connectivity index (χ2n) is 4.77. The van der Waals surface area contributed by atoms with Crippen LogP contribution >= 0.6 is 24.0 Å². The zero-order chi connectivity index (χ0) is 16.4. The minimum Gasteiger partial charge on any atom is -0.496 e. The van der Waals surface area contributed by atoms with Gasteiger partial charge in [-0.25, -0.2) is 0 Å². The number of nitrogens with zero attached hydrogens (tertiary/aromatic N) is 1. The van der Waals surface area contributed by atoms with E-state index in [1.54, 1.807) is 32.4 Å². The highest BCUT2D eigenvalue weighted by molar-refractivity contribution is 8.26. The van der Waals surface area contributed by atoms with Crippen molar-refractivity contribution in [3.63, 3.8) is 0 Å². The highest BCUT2D eigenvalue weighted by atomic mass is 32.2. The van der Waals surface area contributed by atoms with Crippen molar-refractivity contribution in [3.8, 4) is 17.2 Å². The quantitative estimate of drug-likeness (QED) is 0.594. The number of fused-ring (bicyclic) bond motifs is 1. The molecule has 1 fully saturated rings. The summed E-state index contributed by atoms with van der Waals surface area (Å²) < 4.78 is 21.6. The number of thiocarbonyl (C=S) groups is 1. The third-order valence-corrected chi connectivity index (χ3v) is 4.78. The van der Waals surface area contributed by atoms with E-state index in [4.69, 9.17) is 31.2 Å². The van der Waals surface area contributed by atoms with Crippen LogP contribution in [0.5, 0.6) is 17.2 Å². The predicted molar refractivity (Wildman–Crippen MR) is 90.9 cm³/mol. The molecule has 1 saturated heterocycles. The second kappa shape index (κ2) is 6.77. The van der Waals surface area contributed by atoms with Gasteiger partial charge in [-0.2, -0.15) is 0 Å². The molecule has 0 aliphatic carbocycles. The second-order valence-corrected chi connectivity index (χ2v) is 6.45. The van der Waals surface area contributed by atoms with Crippen molar-refractivity contribution in [2.75, 3.05) is 34.2 Å². The largest absolute Gasteiger partial charge is 0.496 e. The maximum atomic E-state index is 12.5. The highest BCUT2D eigenvalue weighted by Gasteiger charge is 2.32. The molecule has 0 bridgehead atoms. The SMILES string of the molecule is COCCN1C(=O)/C(=C/c2cc3c(cc2OC)OCO3)SC1=S. The summed E-state index contributed by atoms with van der Waals surface area (Å²) in [5, 5.41) is 0. The van der Waals surface area contributed by atoms with Crippen LogP contribution in [0.4, 0.5) is 0 Å². The molecule has 2 heterocycles. The average Bonchev–Trinajstić information content (AvgIpc) is 3.10. The van der Waals surface area contributed by atoms with Crippen LogP contribution in [0.2, 0.25) is 0 Å². The minimum absolute atomic E-state index is 0.128. The van der Waals surface area contributed by atoms with E-state index < -0.39 is 0 Å². The van der Waals surface area contributed by atoms with E-state index in [9.17, 15) is 4.79 Å². The van der Waals surface area contributed by atoms with Crippen LogP contribution in [0, 0.1) is 0 Å². The molecule has 0 aromatic heterocycles. The molecule has 2 aliphatic heterocycles. The summed E-state index contributed by atoms with van der Waals surface area (Å²) in [6, 6.07) is 3.54. The molecule has 1 amide bonds. The van der Waals surface area contributed by atoms with Gasteiger partial charge in [-0.15, -0.1) is 0 Å². The van der Waals surface area contributed by atoms with Gasteiger partial charge in [-0.3, -0.25) is 9.69 Å². The number of carbonyl (C=O) groups excluding carboxylic acids is 1. The molecule has 0 unspecified atom stereocenters. The maximum Gasteiger partial charge on any atom is 0.266 e. The number of ether oxygens (including phenoxy) is 4. The third-order valence-electron chi connectivity index (χ3n) is 3.40. The van der Waals surface area contributed by atoms with Crippen molar-refractivity contribution in [1.82, 2.24) is 4.90 Å². The maximum absolute atomic E-state index is 12.5. The minimum atomic E-state index is -0.128. The van der Waals surface area contributed by atoms with E-state index in [1.165, 1.54) is 16.7 Å². The van der Waals surface area contributed by atoms with Crippen LogP contribution in [-0.4, -0.2) is 49.3 Å². The summed E-state index contributed by atoms with van der Waals surface area (Å²) in [4.78, 5) is 14.5. The van der Waals surface area contributed by atoms with E-state index in [2.05, 4.69) is 0 Å². The van der Waals surface area contributed by atoms with E-state index in [0.29, 0.717) is 39.6 Å². The van der Waals surface area contributed by atoms with Gasteiger partial charge in [0.25, 0.3) is 5.91 Å². The molecule has 23 heavy (non-hydrogen) atoms. The molecule has 0 N–H and O–H groups in total. The van der Waals surface area contributed by atoms with Crippen LogP contribution in [0.25, 0.3) is 6.08 Å². The molecule has 2 aliphatic rings. The Labute approximate surface area is 143 Å². The summed E-state index contributed by atoms with van der Waals surface area (Å²) in [5.74, 6) is 1.74. The molecule has 0 radical (unpaired) electrons. The van der Waals surface area contributed by atoms with Gasteiger partial charge in [0.2, 0.25) is 6.79 Å². The molecule has 0 atom stereocenters. The lowest BCUT2D eigenvalue weighted by molar-refractivity contribution is -0.122. The van der Waals surface area contributed by atoms with Crippen molar-refractivity contribution in [2.45, 2.75) is 0 Å². The zero-order valence-corrected chi connectivity index (χ0v) is 14.3. The normalized spacial score (nSPS) is 18.2. The lowest BCUT2D eigenvalue weighted by Crippen LogP contribution is -2.31. The molecule has 0 spiro atoms. The van der Waals surface area contributed by atoms with Gasteiger partial charge in [0.05, 0.1) is 25.2 Å². The Morgan fingerprint density at radius 1 is 1.35 bits per heavy atom. The fourth-order valence-electron chi connectivity index (χ4n) is 2.25. The van der Waals surface area contributed by atoms with Crippen molar-refractivity contribution in [1.29, 1.82) is 0 Å². The Kier molecular flexibility index (Phi) is 4.74. The topological polar surface area (TPSA) is 57.2 Å². The Morgan fingerprint density at radius 3 is 2.78 bits per heavy atom. The number of methoxy groups -OCH3 is 2. The average molecular weight is 353 g/mol. The summed E-state index contributed by atoms with van der Waals surface area (Å²) in [5.41, 5.74) is 0.740. The first-order valence-electron chi connectivity index (χ1n) is 6.86. The predicted octanol–water partition coefficient (Wildman–Crippen LogP) is 2.27. The lowest BCUT2D eigenvalue weighted by Gasteiger charge is -2.13. The third kappa shape index (κ3) is 3.15. The summed E-state index contributed by atoms with van der Waals surface area (Å²) in [6.45, 7) is 1.06. The van der Waals surface area contributed by atoms with Gasteiger partial charge in [0.15, 0.2) is 11.5 Å². The standard InChI is InChI=1S/C15H15NO5S2/c1-18-4-3-16-14(17)13(23-15(16)22)6-9-5-11-12(21-8-20-11)7-10(9)19-2/h5-7H,3-4,8H2,1-2H3/b13-6-. The Balaban J connectivity index is 1.90. The molecular formula is C15H15NO5S2. The number of hydrogen-bond donors (Lipinski definition) is 0. The Bertz CT molecular complexity index is 689. The summed E-state index contributed by atoms with van der Waals surface area (Å²) in [6.07, 6.45) is 1.76. The van der Waals surface area contributed by atoms with Crippen LogP contribution in [0.1, 0.15) is 5.56 Å². The lowest BCUT2D eigenvalue weighted by atomic mass is 10.1. The molecule has 1 aromatic carbocycles. The smallest absolute Gasteiger partial charge is 0.266 e. The van der Waals surface area contributed by atoms with Crippen LogP contribution in [0.3, 0.4) is 0 Å². The van der Waals surface area contributed by atoms with Gasteiger partial charge in [-0.05, 0) is 12.1 Å². The van der Waals surface area contributed by atoms with E-state index in [1.807, 2.05) is 0 Å². The molecule has 0 saturated carbocycles. The van der Waals surface area contributed by atoms with Gasteiger partial charge in [0.1, 0.15) is 10.1 Å². The van der Waals surface area contributed by atoms with Gasteiger partial charge < -0.3 is 18.9 Å². The van der Waals surface area contributed by atoms with Gasteiger partial charge in [-0.1, -0.05) is 24.0 Å². The molecule has 3 rings (SSSR count). The van der Waals surface area contributed by atoms with E-state index in [-0.39, 0.29) is 12.7 Å². The van der Waals surface area contributed by atoms with E-state index >= 15 is 0 Å². The summed E-state index contributed by atoms with van der Waals surface area (Å²) >= 11 is 6.53. The van der Waals surface area contributed by atoms with Crippen molar-refractivity contribution in [3.05, 3.63) is 22.6 Å². The fraction of sp³-hybridized carbons (Fsp3) is 0.333. The monoisotopic (exact) mass is 353 g/mol. The molecule has 8 heteroatoms. The Morgan fingerprint density at radius 2 is 2.09 bits per heavy atom. The van der Waals surface area contributed by atoms with Crippen molar-refractivity contribution >= 4 is 40.3 Å². The van der Waals surface area contributed by atoms with Crippen LogP contribution in [0.15, 0.2) is 17.0 Å². The van der Waals surface area contributed by atoms with Gasteiger partial charge >= 0.3 is 0 Å². The molecule has 6 nitrogen and oxygen atoms in total. The molecule has 1 aromatic rings. The fourth-order valence-corrected chi connectivity index (χ4v) is 3.54. The van der Waals surface area contributed by atoms with Gasteiger partial charge in [0, 0.05) is 18.7 Å². The van der Waals surface area contributed by atoms with Crippen molar-refractivity contribution < 1.29 is 23.7 Å². The first kappa shape index (κ1) is 16.1. The van der Waals surface area contributed by atoms with Crippen LogP contribution < -0.4 is 14.2 Å². The number of hydrogen-bond acceptors (Lipinski definition) is 7. The number of amides is 1. The number of carbonyl (C=O) groups is 1. The van der Waals surface area contributed by atoms with Crippen LogP contribution in [-0.2, 0) is 9.53 Å². The number of rotatable bonds is 5.